The highest BCUT2D eigenvalue weighted by atomic mass is 32.2. The molecule has 10 heteroatoms. The van der Waals surface area contributed by atoms with Crippen molar-refractivity contribution in [3.63, 3.8) is 0 Å². The zero-order valence-electron chi connectivity index (χ0n) is 14.7. The summed E-state index contributed by atoms with van der Waals surface area (Å²) in [5.41, 5.74) is 0. The summed E-state index contributed by atoms with van der Waals surface area (Å²) in [5.74, 6) is 0.645. The molecule has 1 aliphatic rings. The minimum Gasteiger partial charge on any atom is -0.356 e. The van der Waals surface area contributed by atoms with Crippen LogP contribution in [0.5, 0.6) is 0 Å². The van der Waals surface area contributed by atoms with Gasteiger partial charge in [-0.1, -0.05) is 0 Å². The molecule has 0 unspecified atom stereocenters. The Kier molecular flexibility index (Phi) is 6.92. The number of hydrogen-bond donors (Lipinski definition) is 1. The number of aliphatic imine (C=N–C) groups is 1. The highest BCUT2D eigenvalue weighted by molar-refractivity contribution is 7.92. The standard InChI is InChI=1S/C14H27F3N4O2S/c1-13(2)10-21(8-9-24(13,22)23)12(18-3)19-6-5-7-20(4)11-14(15,16)17/h5-11H2,1-4H3,(H,18,19). The average Bonchev–Trinajstić information content (AvgIpc) is 2.40. The van der Waals surface area contributed by atoms with Crippen LogP contribution in [-0.2, 0) is 9.84 Å². The van der Waals surface area contributed by atoms with Gasteiger partial charge in [-0.2, -0.15) is 13.2 Å². The van der Waals surface area contributed by atoms with Gasteiger partial charge in [-0.15, -0.1) is 0 Å². The molecule has 142 valence electrons. The van der Waals surface area contributed by atoms with Crippen molar-refractivity contribution in [2.45, 2.75) is 31.2 Å². The predicted molar refractivity (Wildman–Crippen MR) is 89.0 cm³/mol. The lowest BCUT2D eigenvalue weighted by molar-refractivity contribution is -0.143. The average molecular weight is 372 g/mol. The fourth-order valence-corrected chi connectivity index (χ4v) is 3.96. The lowest BCUT2D eigenvalue weighted by atomic mass is 10.2. The molecule has 1 saturated heterocycles. The summed E-state index contributed by atoms with van der Waals surface area (Å²) in [4.78, 5) is 7.24. The molecule has 24 heavy (non-hydrogen) atoms. The maximum Gasteiger partial charge on any atom is 0.401 e. The summed E-state index contributed by atoms with van der Waals surface area (Å²) in [7, 11) is -0.0908. The second-order valence-corrected chi connectivity index (χ2v) is 9.42. The molecule has 0 aromatic carbocycles. The first-order chi connectivity index (χ1) is 10.9. The number of nitrogens with one attached hydrogen (secondary N) is 1. The van der Waals surface area contributed by atoms with Crippen LogP contribution < -0.4 is 5.32 Å². The predicted octanol–water partition coefficient (Wildman–Crippen LogP) is 0.955. The van der Waals surface area contributed by atoms with Crippen LogP contribution in [0.2, 0.25) is 0 Å². The minimum atomic E-state index is -4.19. The van der Waals surface area contributed by atoms with Gasteiger partial charge >= 0.3 is 6.18 Å². The van der Waals surface area contributed by atoms with Gasteiger partial charge in [0.05, 0.1) is 17.0 Å². The van der Waals surface area contributed by atoms with Crippen LogP contribution in [0.15, 0.2) is 4.99 Å². The zero-order valence-corrected chi connectivity index (χ0v) is 15.5. The van der Waals surface area contributed by atoms with E-state index in [9.17, 15) is 21.6 Å². The largest absolute Gasteiger partial charge is 0.401 e. The molecule has 0 atom stereocenters. The number of nitrogens with zero attached hydrogens (tertiary/aromatic N) is 3. The molecule has 0 amide bonds. The monoisotopic (exact) mass is 372 g/mol. The van der Waals surface area contributed by atoms with E-state index in [2.05, 4.69) is 10.3 Å². The van der Waals surface area contributed by atoms with Crippen LogP contribution in [0, 0.1) is 0 Å². The van der Waals surface area contributed by atoms with E-state index in [-0.39, 0.29) is 5.75 Å². The van der Waals surface area contributed by atoms with Gasteiger partial charge < -0.3 is 10.2 Å². The molecular weight excluding hydrogens is 345 g/mol. The number of alkyl halides is 3. The SMILES string of the molecule is CN=C(NCCCN(C)CC(F)(F)F)N1CCS(=O)(=O)C(C)(C)C1. The van der Waals surface area contributed by atoms with Crippen molar-refractivity contribution in [1.82, 2.24) is 15.1 Å². The first-order valence-electron chi connectivity index (χ1n) is 7.81. The van der Waals surface area contributed by atoms with E-state index in [0.29, 0.717) is 38.6 Å². The summed E-state index contributed by atoms with van der Waals surface area (Å²) < 4.78 is 59.9. The number of hydrogen-bond acceptors (Lipinski definition) is 4. The van der Waals surface area contributed by atoms with E-state index in [1.54, 1.807) is 20.9 Å². The summed E-state index contributed by atoms with van der Waals surface area (Å²) in [6.45, 7) is 3.92. The van der Waals surface area contributed by atoms with Crippen LogP contribution in [0.1, 0.15) is 20.3 Å². The number of rotatable bonds is 5. The molecule has 6 nitrogen and oxygen atoms in total. The van der Waals surface area contributed by atoms with E-state index >= 15 is 0 Å². The highest BCUT2D eigenvalue weighted by Crippen LogP contribution is 2.23. The van der Waals surface area contributed by atoms with Gasteiger partial charge in [-0.3, -0.25) is 9.89 Å². The Bertz CT molecular complexity index is 547. The van der Waals surface area contributed by atoms with Gasteiger partial charge in [0.25, 0.3) is 0 Å². The first-order valence-corrected chi connectivity index (χ1v) is 9.46. The molecule has 0 radical (unpaired) electrons. The lowest BCUT2D eigenvalue weighted by Crippen LogP contribution is -2.57. The number of guanidine groups is 1. The van der Waals surface area contributed by atoms with Gasteiger partial charge in [0.2, 0.25) is 0 Å². The van der Waals surface area contributed by atoms with Crippen molar-refractivity contribution in [2.75, 3.05) is 52.6 Å². The van der Waals surface area contributed by atoms with E-state index in [1.165, 1.54) is 11.9 Å². The second kappa shape index (κ2) is 7.90. The third kappa shape index (κ3) is 6.12. The first kappa shape index (κ1) is 21.0. The van der Waals surface area contributed by atoms with Crippen LogP contribution in [-0.4, -0.2) is 87.7 Å². The van der Waals surface area contributed by atoms with Crippen molar-refractivity contribution in [3.05, 3.63) is 0 Å². The van der Waals surface area contributed by atoms with E-state index < -0.39 is 27.3 Å². The van der Waals surface area contributed by atoms with Gasteiger partial charge in [0, 0.05) is 26.7 Å². The summed E-state index contributed by atoms with van der Waals surface area (Å²) in [5, 5.41) is 3.10. The van der Waals surface area contributed by atoms with Crippen molar-refractivity contribution >= 4 is 15.8 Å². The van der Waals surface area contributed by atoms with Crippen LogP contribution in [0.4, 0.5) is 13.2 Å². The third-order valence-electron chi connectivity index (χ3n) is 4.00. The molecule has 0 spiro atoms. The Morgan fingerprint density at radius 2 is 2.00 bits per heavy atom. The molecule has 1 aliphatic heterocycles. The Morgan fingerprint density at radius 3 is 2.50 bits per heavy atom. The molecular formula is C14H27F3N4O2S. The van der Waals surface area contributed by atoms with E-state index in [1.807, 2.05) is 4.90 Å². The van der Waals surface area contributed by atoms with Crippen LogP contribution in [0.3, 0.4) is 0 Å². The maximum absolute atomic E-state index is 12.2. The fraction of sp³-hybridized carbons (Fsp3) is 0.929. The van der Waals surface area contributed by atoms with Gasteiger partial charge in [-0.25, -0.2) is 8.42 Å². The molecule has 0 aromatic heterocycles. The third-order valence-corrected chi connectivity index (χ3v) is 6.54. The van der Waals surface area contributed by atoms with Gasteiger partial charge in [-0.05, 0) is 33.9 Å². The quantitative estimate of drug-likeness (QED) is 0.442. The molecule has 0 aromatic rings. The van der Waals surface area contributed by atoms with Crippen molar-refractivity contribution < 1.29 is 21.6 Å². The minimum absolute atomic E-state index is 0.0645. The molecule has 1 fully saturated rings. The smallest absolute Gasteiger partial charge is 0.356 e. The van der Waals surface area contributed by atoms with Crippen LogP contribution in [0.25, 0.3) is 0 Å². The van der Waals surface area contributed by atoms with Crippen molar-refractivity contribution in [1.29, 1.82) is 0 Å². The molecule has 0 aliphatic carbocycles. The molecule has 0 saturated carbocycles. The zero-order chi connectivity index (χ0) is 18.6. The number of sulfone groups is 1. The molecule has 0 bridgehead atoms. The van der Waals surface area contributed by atoms with E-state index in [0.717, 1.165) is 0 Å². The summed E-state index contributed by atoms with van der Waals surface area (Å²) >= 11 is 0. The van der Waals surface area contributed by atoms with Crippen LogP contribution >= 0.6 is 0 Å². The molecule has 1 N–H and O–H groups in total. The Morgan fingerprint density at radius 1 is 1.38 bits per heavy atom. The fourth-order valence-electron chi connectivity index (χ4n) is 2.59. The van der Waals surface area contributed by atoms with Gasteiger partial charge in [0.15, 0.2) is 15.8 Å². The Hall–Kier alpha value is -1.03. The topological polar surface area (TPSA) is 65.0 Å². The Balaban J connectivity index is 2.44. The van der Waals surface area contributed by atoms with Crippen molar-refractivity contribution in [3.8, 4) is 0 Å². The van der Waals surface area contributed by atoms with Crippen molar-refractivity contribution in [2.24, 2.45) is 4.99 Å². The second-order valence-electron chi connectivity index (χ2n) is 6.68. The molecule has 1 rings (SSSR count). The molecule has 1 heterocycles. The lowest BCUT2D eigenvalue weighted by Gasteiger charge is -2.39. The Labute approximate surface area is 142 Å². The highest BCUT2D eigenvalue weighted by Gasteiger charge is 2.40. The van der Waals surface area contributed by atoms with Gasteiger partial charge in [0.1, 0.15) is 0 Å². The number of halogens is 3. The summed E-state index contributed by atoms with van der Waals surface area (Å²) in [6, 6.07) is 0. The maximum atomic E-state index is 12.2. The van der Waals surface area contributed by atoms with E-state index in [4.69, 9.17) is 0 Å². The summed E-state index contributed by atoms with van der Waals surface area (Å²) in [6.07, 6.45) is -3.66. The normalized spacial score (nSPS) is 21.2.